The number of anilines is 1. The van der Waals surface area contributed by atoms with Crippen molar-refractivity contribution in [3.63, 3.8) is 0 Å². The maximum atomic E-state index is 12.4. The monoisotopic (exact) mass is 356 g/mol. The van der Waals surface area contributed by atoms with E-state index in [1.165, 1.54) is 11.3 Å². The molecule has 0 aliphatic heterocycles. The summed E-state index contributed by atoms with van der Waals surface area (Å²) in [4.78, 5) is 35.6. The minimum Gasteiger partial charge on any atom is -0.481 e. The van der Waals surface area contributed by atoms with Crippen LogP contribution in [0.25, 0.3) is 22.6 Å². The maximum absolute atomic E-state index is 12.4. The predicted octanol–water partition coefficient (Wildman–Crippen LogP) is 2.98. The fourth-order valence-corrected chi connectivity index (χ4v) is 3.98. The van der Waals surface area contributed by atoms with Gasteiger partial charge in [0.2, 0.25) is 5.91 Å². The number of amides is 1. The number of thiazole rings is 1. The van der Waals surface area contributed by atoms with Crippen LogP contribution in [0.1, 0.15) is 13.8 Å². The number of carboxylic acids is 1. The fraction of sp³-hybridized carbons (Fsp3) is 0.294. The number of H-pyrrole nitrogens is 1. The number of rotatable bonds is 4. The third-order valence-corrected chi connectivity index (χ3v) is 5.50. The molecule has 25 heavy (non-hydrogen) atoms. The molecule has 3 N–H and O–H groups in total. The predicted molar refractivity (Wildman–Crippen MR) is 94.2 cm³/mol. The van der Waals surface area contributed by atoms with E-state index in [2.05, 4.69) is 20.3 Å². The lowest BCUT2D eigenvalue weighted by molar-refractivity contribution is -0.140. The molecule has 2 atom stereocenters. The van der Waals surface area contributed by atoms with Gasteiger partial charge in [-0.2, -0.15) is 0 Å². The van der Waals surface area contributed by atoms with Gasteiger partial charge in [0.25, 0.3) is 0 Å². The van der Waals surface area contributed by atoms with Gasteiger partial charge < -0.3 is 15.4 Å². The van der Waals surface area contributed by atoms with Crippen molar-refractivity contribution in [1.82, 2.24) is 15.0 Å². The Labute approximate surface area is 147 Å². The summed E-state index contributed by atoms with van der Waals surface area (Å²) in [6.45, 7) is 3.58. The summed E-state index contributed by atoms with van der Waals surface area (Å²) in [5.74, 6) is -1.80. The average Bonchev–Trinajstić information content (AvgIpc) is 2.93. The highest BCUT2D eigenvalue weighted by atomic mass is 32.1. The first kappa shape index (κ1) is 15.8. The van der Waals surface area contributed by atoms with E-state index in [9.17, 15) is 14.7 Å². The molecule has 128 valence electrons. The first-order valence-electron chi connectivity index (χ1n) is 7.82. The molecule has 2 aromatic heterocycles. The molecule has 0 radical (unpaired) electrons. The normalized spacial score (nSPS) is 21.2. The third kappa shape index (κ3) is 2.58. The van der Waals surface area contributed by atoms with E-state index in [4.69, 9.17) is 0 Å². The SMILES string of the molecule is CC1(C)[C@@H](C(=O)O)[C@@H]1C(=O)Nc1nc(-c2nc3ccccc3[nH]2)cs1. The molecule has 1 aliphatic rings. The van der Waals surface area contributed by atoms with E-state index in [0.29, 0.717) is 16.6 Å². The zero-order valence-electron chi connectivity index (χ0n) is 13.6. The number of hydrogen-bond acceptors (Lipinski definition) is 5. The van der Waals surface area contributed by atoms with Gasteiger partial charge in [-0.3, -0.25) is 9.59 Å². The second-order valence-corrected chi connectivity index (χ2v) is 7.60. The molecule has 1 amide bonds. The van der Waals surface area contributed by atoms with E-state index < -0.39 is 23.2 Å². The van der Waals surface area contributed by atoms with Crippen molar-refractivity contribution >= 4 is 39.4 Å². The number of aromatic nitrogens is 3. The second-order valence-electron chi connectivity index (χ2n) is 6.74. The van der Waals surface area contributed by atoms with Gasteiger partial charge in [-0.05, 0) is 17.5 Å². The summed E-state index contributed by atoms with van der Waals surface area (Å²) >= 11 is 1.29. The standard InChI is InChI=1S/C17H16N4O3S/c1-17(2)11(12(17)15(23)24)14(22)21-16-20-10(7-25-16)13-18-8-5-3-4-6-9(8)19-13/h3-7,11-12H,1-2H3,(H,18,19)(H,23,24)(H,20,21,22)/t11-,12-/m1/s1. The molecular formula is C17H16N4O3S. The van der Waals surface area contributed by atoms with Crippen LogP contribution in [0.15, 0.2) is 29.6 Å². The molecule has 7 nitrogen and oxygen atoms in total. The van der Waals surface area contributed by atoms with Crippen molar-refractivity contribution < 1.29 is 14.7 Å². The molecule has 0 bridgehead atoms. The van der Waals surface area contributed by atoms with Crippen LogP contribution < -0.4 is 5.32 Å². The Morgan fingerprint density at radius 1 is 1.24 bits per heavy atom. The van der Waals surface area contributed by atoms with E-state index in [1.807, 2.05) is 24.3 Å². The van der Waals surface area contributed by atoms with Crippen molar-refractivity contribution in [3.05, 3.63) is 29.6 Å². The summed E-state index contributed by atoms with van der Waals surface area (Å²) < 4.78 is 0. The minimum absolute atomic E-state index is 0.303. The van der Waals surface area contributed by atoms with Crippen molar-refractivity contribution in [2.24, 2.45) is 17.3 Å². The maximum Gasteiger partial charge on any atom is 0.307 e. The van der Waals surface area contributed by atoms with Crippen molar-refractivity contribution in [2.75, 3.05) is 5.32 Å². The number of aliphatic carboxylic acids is 1. The zero-order chi connectivity index (χ0) is 17.8. The summed E-state index contributed by atoms with van der Waals surface area (Å²) in [6.07, 6.45) is 0. The van der Waals surface area contributed by atoms with E-state index in [1.54, 1.807) is 19.2 Å². The van der Waals surface area contributed by atoms with Crippen LogP contribution in [0.4, 0.5) is 5.13 Å². The van der Waals surface area contributed by atoms with Gasteiger partial charge in [-0.1, -0.05) is 26.0 Å². The fourth-order valence-electron chi connectivity index (χ4n) is 3.29. The van der Waals surface area contributed by atoms with E-state index >= 15 is 0 Å². The molecule has 0 spiro atoms. The number of fused-ring (bicyclic) bond motifs is 1. The molecule has 0 saturated heterocycles. The number of nitrogens with zero attached hydrogens (tertiary/aromatic N) is 2. The quantitative estimate of drug-likeness (QED) is 0.666. The number of carbonyl (C=O) groups excluding carboxylic acids is 1. The molecule has 1 aromatic carbocycles. The highest BCUT2D eigenvalue weighted by molar-refractivity contribution is 7.14. The number of carbonyl (C=O) groups is 2. The summed E-state index contributed by atoms with van der Waals surface area (Å²) in [5, 5.41) is 14.2. The number of hydrogen-bond donors (Lipinski definition) is 3. The summed E-state index contributed by atoms with van der Waals surface area (Å²) in [7, 11) is 0. The van der Waals surface area contributed by atoms with Crippen LogP contribution >= 0.6 is 11.3 Å². The Hall–Kier alpha value is -2.74. The van der Waals surface area contributed by atoms with Crippen molar-refractivity contribution in [3.8, 4) is 11.5 Å². The molecule has 8 heteroatoms. The molecule has 1 saturated carbocycles. The van der Waals surface area contributed by atoms with Gasteiger partial charge >= 0.3 is 5.97 Å². The van der Waals surface area contributed by atoms with Crippen molar-refractivity contribution in [2.45, 2.75) is 13.8 Å². The molecule has 3 aromatic rings. The van der Waals surface area contributed by atoms with Crippen LogP contribution in [0.5, 0.6) is 0 Å². The smallest absolute Gasteiger partial charge is 0.307 e. The van der Waals surface area contributed by atoms with Gasteiger partial charge in [0.1, 0.15) is 5.69 Å². The molecule has 1 aliphatic carbocycles. The van der Waals surface area contributed by atoms with Crippen LogP contribution in [-0.2, 0) is 9.59 Å². The highest BCUT2D eigenvalue weighted by Crippen LogP contribution is 2.58. The lowest BCUT2D eigenvalue weighted by Gasteiger charge is -2.02. The number of para-hydroxylation sites is 2. The highest BCUT2D eigenvalue weighted by Gasteiger charge is 2.66. The van der Waals surface area contributed by atoms with Crippen LogP contribution in [0.3, 0.4) is 0 Å². The summed E-state index contributed by atoms with van der Waals surface area (Å²) in [6, 6.07) is 7.68. The molecule has 2 heterocycles. The number of aromatic amines is 1. The van der Waals surface area contributed by atoms with Gasteiger partial charge in [0.05, 0.1) is 22.9 Å². The Kier molecular flexibility index (Phi) is 3.40. The van der Waals surface area contributed by atoms with E-state index in [-0.39, 0.29) is 5.91 Å². The first-order valence-corrected chi connectivity index (χ1v) is 8.70. The number of carboxylic acid groups (broad SMARTS) is 1. The van der Waals surface area contributed by atoms with Gasteiger partial charge in [0.15, 0.2) is 11.0 Å². The number of benzene rings is 1. The Bertz CT molecular complexity index is 958. The molecule has 0 unspecified atom stereocenters. The van der Waals surface area contributed by atoms with Crippen LogP contribution in [0.2, 0.25) is 0 Å². The largest absolute Gasteiger partial charge is 0.481 e. The van der Waals surface area contributed by atoms with Crippen LogP contribution in [0, 0.1) is 17.3 Å². The van der Waals surface area contributed by atoms with Gasteiger partial charge in [-0.15, -0.1) is 11.3 Å². The van der Waals surface area contributed by atoms with Gasteiger partial charge in [0, 0.05) is 5.38 Å². The lowest BCUT2D eigenvalue weighted by atomic mass is 10.1. The Morgan fingerprint density at radius 3 is 2.68 bits per heavy atom. The first-order chi connectivity index (χ1) is 11.9. The Morgan fingerprint density at radius 2 is 2.00 bits per heavy atom. The van der Waals surface area contributed by atoms with Gasteiger partial charge in [-0.25, -0.2) is 9.97 Å². The number of imidazole rings is 1. The minimum atomic E-state index is -0.938. The zero-order valence-corrected chi connectivity index (χ0v) is 14.4. The molecule has 1 fully saturated rings. The molecule has 4 rings (SSSR count). The molecular weight excluding hydrogens is 340 g/mol. The van der Waals surface area contributed by atoms with Crippen LogP contribution in [-0.4, -0.2) is 31.9 Å². The topological polar surface area (TPSA) is 108 Å². The number of nitrogens with one attached hydrogen (secondary N) is 2. The average molecular weight is 356 g/mol. The second kappa shape index (κ2) is 5.38. The third-order valence-electron chi connectivity index (χ3n) is 4.74. The summed E-state index contributed by atoms with van der Waals surface area (Å²) in [5.41, 5.74) is 1.87. The van der Waals surface area contributed by atoms with E-state index in [0.717, 1.165) is 11.0 Å². The Balaban J connectivity index is 1.52. The lowest BCUT2D eigenvalue weighted by Crippen LogP contribution is -2.17. The van der Waals surface area contributed by atoms with Crippen molar-refractivity contribution in [1.29, 1.82) is 0 Å².